The minimum atomic E-state index is -3.08. The molecule has 0 saturated heterocycles. The lowest BCUT2D eigenvalue weighted by molar-refractivity contribution is 0.0939. The highest BCUT2D eigenvalue weighted by Gasteiger charge is 2.32. The molecule has 0 amide bonds. The van der Waals surface area contributed by atoms with E-state index in [1.807, 2.05) is 24.3 Å². The number of carbonyl (C=O) groups excluding carboxylic acids is 1. The number of sulfone groups is 1. The number of para-hydroxylation sites is 1. The second-order valence-corrected chi connectivity index (χ2v) is 6.39. The van der Waals surface area contributed by atoms with Crippen molar-refractivity contribution in [2.45, 2.75) is 18.4 Å². The highest BCUT2D eigenvalue weighted by Crippen LogP contribution is 2.34. The van der Waals surface area contributed by atoms with Gasteiger partial charge in [-0.15, -0.1) is 0 Å². The molecule has 0 atom stereocenters. The minimum absolute atomic E-state index is 0.0312. The minimum Gasteiger partial charge on any atom is -0.283 e. The number of aromatic nitrogens is 1. The van der Waals surface area contributed by atoms with Gasteiger partial charge in [0.15, 0.2) is 9.84 Å². The van der Waals surface area contributed by atoms with Crippen LogP contribution in [-0.2, 0) is 21.3 Å². The number of hydrogen-bond acceptors (Lipinski definition) is 3. The van der Waals surface area contributed by atoms with Crippen molar-refractivity contribution in [1.29, 1.82) is 0 Å². The van der Waals surface area contributed by atoms with E-state index >= 15 is 0 Å². The second kappa shape index (κ2) is 3.20. The van der Waals surface area contributed by atoms with Crippen LogP contribution in [0.2, 0.25) is 0 Å². The molecule has 17 heavy (non-hydrogen) atoms. The molecule has 0 N–H and O–H groups in total. The zero-order chi connectivity index (χ0) is 12.2. The first-order valence-corrected chi connectivity index (χ1v) is 7.14. The van der Waals surface area contributed by atoms with E-state index in [2.05, 4.69) is 0 Å². The molecule has 0 bridgehead atoms. The molecule has 3 rings (SSSR count). The molecule has 1 aliphatic heterocycles. The van der Waals surface area contributed by atoms with Crippen LogP contribution in [0.25, 0.3) is 10.9 Å². The molecule has 88 valence electrons. The van der Waals surface area contributed by atoms with Crippen molar-refractivity contribution in [3.05, 3.63) is 35.5 Å². The molecular formula is C12H11NO3S. The van der Waals surface area contributed by atoms with E-state index in [0.29, 0.717) is 5.69 Å². The summed E-state index contributed by atoms with van der Waals surface area (Å²) in [6.45, 7) is 1.46. The van der Waals surface area contributed by atoms with E-state index < -0.39 is 9.84 Å². The zero-order valence-electron chi connectivity index (χ0n) is 9.30. The largest absolute Gasteiger partial charge is 0.283 e. The van der Waals surface area contributed by atoms with Crippen LogP contribution in [0.5, 0.6) is 0 Å². The van der Waals surface area contributed by atoms with Gasteiger partial charge in [0, 0.05) is 18.0 Å². The van der Waals surface area contributed by atoms with E-state index in [0.717, 1.165) is 16.5 Å². The van der Waals surface area contributed by atoms with Crippen LogP contribution < -0.4 is 0 Å². The Labute approximate surface area is 98.8 Å². The standard InChI is InChI=1S/C12H11NO3S/c1-8(14)13-11-5-3-2-4-9(11)10-6-17(15,16)7-12(10)13/h2-5H,6-7H2,1H3. The molecule has 2 heterocycles. The molecule has 0 unspecified atom stereocenters. The first-order valence-electron chi connectivity index (χ1n) is 5.32. The van der Waals surface area contributed by atoms with Gasteiger partial charge in [0.05, 0.1) is 17.0 Å². The van der Waals surface area contributed by atoms with Gasteiger partial charge in [0.25, 0.3) is 0 Å². The van der Waals surface area contributed by atoms with Gasteiger partial charge in [-0.3, -0.25) is 9.36 Å². The fraction of sp³-hybridized carbons (Fsp3) is 0.250. The van der Waals surface area contributed by atoms with Crippen molar-refractivity contribution in [1.82, 2.24) is 4.57 Å². The summed E-state index contributed by atoms with van der Waals surface area (Å²) in [5.74, 6) is -0.126. The van der Waals surface area contributed by atoms with Crippen LogP contribution in [0.3, 0.4) is 0 Å². The van der Waals surface area contributed by atoms with Gasteiger partial charge < -0.3 is 0 Å². The van der Waals surface area contributed by atoms with Crippen molar-refractivity contribution < 1.29 is 13.2 Å². The van der Waals surface area contributed by atoms with Gasteiger partial charge in [0.2, 0.25) is 5.91 Å². The Morgan fingerprint density at radius 2 is 1.94 bits per heavy atom. The fourth-order valence-corrected chi connectivity index (χ4v) is 4.10. The smallest absolute Gasteiger partial charge is 0.228 e. The predicted molar refractivity (Wildman–Crippen MR) is 64.6 cm³/mol. The molecule has 1 aromatic carbocycles. The Bertz CT molecular complexity index is 740. The van der Waals surface area contributed by atoms with Crippen molar-refractivity contribution in [3.8, 4) is 0 Å². The molecule has 1 aliphatic rings. The average Bonchev–Trinajstić information content (AvgIpc) is 2.68. The zero-order valence-corrected chi connectivity index (χ0v) is 10.1. The Kier molecular flexibility index (Phi) is 1.98. The Morgan fingerprint density at radius 1 is 1.24 bits per heavy atom. The molecule has 1 aromatic heterocycles. The molecule has 2 aromatic rings. The molecule has 0 aliphatic carbocycles. The first kappa shape index (κ1) is 10.5. The van der Waals surface area contributed by atoms with Crippen LogP contribution in [0, 0.1) is 0 Å². The van der Waals surface area contributed by atoms with E-state index in [1.54, 1.807) is 0 Å². The summed E-state index contributed by atoms with van der Waals surface area (Å²) in [5, 5.41) is 0.874. The first-order chi connectivity index (χ1) is 7.99. The molecule has 0 spiro atoms. The highest BCUT2D eigenvalue weighted by molar-refractivity contribution is 7.90. The summed E-state index contributed by atoms with van der Waals surface area (Å²) in [7, 11) is -3.08. The lowest BCUT2D eigenvalue weighted by Gasteiger charge is -2.03. The van der Waals surface area contributed by atoms with Crippen molar-refractivity contribution in [2.24, 2.45) is 0 Å². The van der Waals surface area contributed by atoms with Crippen LogP contribution in [0.4, 0.5) is 0 Å². The SMILES string of the molecule is CC(=O)n1c2c(c3ccccc31)CS(=O)(=O)C2. The summed E-state index contributed by atoms with van der Waals surface area (Å²) in [4.78, 5) is 11.7. The summed E-state index contributed by atoms with van der Waals surface area (Å²) >= 11 is 0. The van der Waals surface area contributed by atoms with E-state index in [-0.39, 0.29) is 17.4 Å². The van der Waals surface area contributed by atoms with Crippen LogP contribution in [-0.4, -0.2) is 18.9 Å². The number of hydrogen-bond donors (Lipinski definition) is 0. The molecule has 5 heteroatoms. The molecular weight excluding hydrogens is 238 g/mol. The third kappa shape index (κ3) is 1.42. The summed E-state index contributed by atoms with van der Waals surface area (Å²) in [6.07, 6.45) is 0. The second-order valence-electron chi connectivity index (χ2n) is 4.33. The number of benzene rings is 1. The third-order valence-corrected chi connectivity index (χ3v) is 4.57. The van der Waals surface area contributed by atoms with Gasteiger partial charge >= 0.3 is 0 Å². The van der Waals surface area contributed by atoms with Gasteiger partial charge in [0.1, 0.15) is 0 Å². The van der Waals surface area contributed by atoms with Gasteiger partial charge in [-0.05, 0) is 11.6 Å². The molecule has 0 saturated carbocycles. The van der Waals surface area contributed by atoms with Crippen molar-refractivity contribution in [3.63, 3.8) is 0 Å². The maximum Gasteiger partial charge on any atom is 0.228 e. The van der Waals surface area contributed by atoms with Gasteiger partial charge in [-0.1, -0.05) is 18.2 Å². The average molecular weight is 249 g/mol. The van der Waals surface area contributed by atoms with Crippen LogP contribution in [0.1, 0.15) is 23.0 Å². The highest BCUT2D eigenvalue weighted by atomic mass is 32.2. The Balaban J connectivity index is 2.45. The quantitative estimate of drug-likeness (QED) is 0.714. The maximum atomic E-state index is 11.7. The van der Waals surface area contributed by atoms with E-state index in [9.17, 15) is 13.2 Å². The Hall–Kier alpha value is -1.62. The lowest BCUT2D eigenvalue weighted by Crippen LogP contribution is -2.10. The van der Waals surface area contributed by atoms with Crippen LogP contribution in [0.15, 0.2) is 24.3 Å². The Morgan fingerprint density at radius 3 is 2.65 bits per heavy atom. The normalized spacial score (nSPS) is 17.2. The van der Waals surface area contributed by atoms with Crippen molar-refractivity contribution >= 4 is 26.6 Å². The van der Waals surface area contributed by atoms with Gasteiger partial charge in [-0.2, -0.15) is 0 Å². The van der Waals surface area contributed by atoms with Gasteiger partial charge in [-0.25, -0.2) is 8.42 Å². The monoisotopic (exact) mass is 249 g/mol. The number of carbonyl (C=O) groups is 1. The fourth-order valence-electron chi connectivity index (χ4n) is 2.51. The lowest BCUT2D eigenvalue weighted by atomic mass is 10.2. The summed E-state index contributed by atoms with van der Waals surface area (Å²) in [6, 6.07) is 7.43. The topological polar surface area (TPSA) is 56.1 Å². The van der Waals surface area contributed by atoms with E-state index in [4.69, 9.17) is 0 Å². The molecule has 0 radical (unpaired) electrons. The van der Waals surface area contributed by atoms with Crippen molar-refractivity contribution in [2.75, 3.05) is 0 Å². The molecule has 0 fully saturated rings. The number of nitrogens with zero attached hydrogens (tertiary/aromatic N) is 1. The summed E-state index contributed by atoms with van der Waals surface area (Å²) in [5.41, 5.74) is 2.23. The summed E-state index contributed by atoms with van der Waals surface area (Å²) < 4.78 is 24.8. The maximum absolute atomic E-state index is 11.7. The van der Waals surface area contributed by atoms with Crippen LogP contribution >= 0.6 is 0 Å². The number of rotatable bonds is 0. The third-order valence-electron chi connectivity index (χ3n) is 3.12. The number of fused-ring (bicyclic) bond motifs is 3. The predicted octanol–water partition coefficient (Wildman–Crippen LogP) is 1.73. The molecule has 4 nitrogen and oxygen atoms in total. The van der Waals surface area contributed by atoms with E-state index in [1.165, 1.54) is 11.5 Å².